The predicted octanol–water partition coefficient (Wildman–Crippen LogP) is 6.32. The van der Waals surface area contributed by atoms with Crippen LogP contribution >= 0.6 is 11.8 Å². The van der Waals surface area contributed by atoms with E-state index in [0.717, 1.165) is 0 Å². The highest BCUT2D eigenvalue weighted by Crippen LogP contribution is 2.54. The molecule has 2 aliphatic rings. The molecule has 1 aliphatic heterocycles. The van der Waals surface area contributed by atoms with E-state index in [-0.39, 0.29) is 0 Å². The summed E-state index contributed by atoms with van der Waals surface area (Å²) in [6.07, 6.45) is 4.82. The molecule has 0 radical (unpaired) electrons. The van der Waals surface area contributed by atoms with Crippen molar-refractivity contribution < 1.29 is 0 Å². The summed E-state index contributed by atoms with van der Waals surface area (Å²) in [6, 6.07) is 22.0. The minimum absolute atomic E-state index is 0.450. The number of fused-ring (bicyclic) bond motifs is 4. The second-order valence-electron chi connectivity index (χ2n) is 6.26. The summed E-state index contributed by atoms with van der Waals surface area (Å²) in [5.41, 5.74) is 5.51. The molecule has 5 rings (SSSR count). The molecule has 0 saturated carbocycles. The highest BCUT2D eigenvalue weighted by atomic mass is 32.2. The molecule has 0 aromatic heterocycles. The standard InChI is InChI=1S/C22H16S/c1-14-10-11-17(18-7-3-2-6-16(14)18)15-12-20-19-8-4-5-9-21(19)23-22(20)13-15/h2-13,20H,1H3. The first-order valence-corrected chi connectivity index (χ1v) is 8.82. The van der Waals surface area contributed by atoms with Gasteiger partial charge in [0.2, 0.25) is 0 Å². The lowest BCUT2D eigenvalue weighted by atomic mass is 9.95. The van der Waals surface area contributed by atoms with Gasteiger partial charge in [-0.2, -0.15) is 0 Å². The second-order valence-corrected chi connectivity index (χ2v) is 7.38. The van der Waals surface area contributed by atoms with Gasteiger partial charge in [0.25, 0.3) is 0 Å². The van der Waals surface area contributed by atoms with Crippen molar-refractivity contribution in [2.75, 3.05) is 0 Å². The topological polar surface area (TPSA) is 0 Å². The van der Waals surface area contributed by atoms with Crippen LogP contribution in [0.5, 0.6) is 0 Å². The highest BCUT2D eigenvalue weighted by molar-refractivity contribution is 8.03. The Morgan fingerprint density at radius 2 is 1.61 bits per heavy atom. The maximum atomic E-state index is 2.44. The van der Waals surface area contributed by atoms with Crippen LogP contribution < -0.4 is 0 Å². The van der Waals surface area contributed by atoms with Crippen molar-refractivity contribution >= 4 is 28.1 Å². The molecule has 23 heavy (non-hydrogen) atoms. The number of hydrogen-bond donors (Lipinski definition) is 0. The van der Waals surface area contributed by atoms with Crippen LogP contribution in [0.4, 0.5) is 0 Å². The number of thioether (sulfide) groups is 1. The Hall–Kier alpha value is -2.25. The summed E-state index contributed by atoms with van der Waals surface area (Å²) in [5, 5.41) is 2.71. The molecule has 1 atom stereocenters. The van der Waals surface area contributed by atoms with Crippen molar-refractivity contribution in [3.8, 4) is 0 Å². The quantitative estimate of drug-likeness (QED) is 0.507. The summed E-state index contributed by atoms with van der Waals surface area (Å²) in [5.74, 6) is 0.450. The van der Waals surface area contributed by atoms with Gasteiger partial charge in [-0.15, -0.1) is 0 Å². The molecule has 0 bridgehead atoms. The van der Waals surface area contributed by atoms with Gasteiger partial charge in [-0.05, 0) is 52.1 Å². The first-order valence-electron chi connectivity index (χ1n) is 8.00. The van der Waals surface area contributed by atoms with E-state index >= 15 is 0 Å². The molecule has 0 nitrogen and oxygen atoms in total. The number of benzene rings is 3. The Bertz CT molecular complexity index is 1010. The van der Waals surface area contributed by atoms with Crippen molar-refractivity contribution in [2.45, 2.75) is 17.7 Å². The highest BCUT2D eigenvalue weighted by Gasteiger charge is 2.30. The number of hydrogen-bond acceptors (Lipinski definition) is 1. The predicted molar refractivity (Wildman–Crippen MR) is 99.8 cm³/mol. The van der Waals surface area contributed by atoms with Gasteiger partial charge >= 0.3 is 0 Å². The molecular weight excluding hydrogens is 296 g/mol. The van der Waals surface area contributed by atoms with Crippen LogP contribution in [0.2, 0.25) is 0 Å². The van der Waals surface area contributed by atoms with Crippen molar-refractivity contribution in [2.24, 2.45) is 0 Å². The van der Waals surface area contributed by atoms with Crippen LogP contribution in [0.3, 0.4) is 0 Å². The van der Waals surface area contributed by atoms with Crippen LogP contribution in [0.1, 0.15) is 22.6 Å². The van der Waals surface area contributed by atoms with Gasteiger partial charge in [-0.1, -0.05) is 72.4 Å². The molecule has 1 aliphatic carbocycles. The Kier molecular flexibility index (Phi) is 2.80. The molecular formula is C22H16S. The number of allylic oxidation sites excluding steroid dienone is 4. The smallest absolute Gasteiger partial charge is 0.0353 e. The molecule has 0 spiro atoms. The minimum Gasteiger partial charge on any atom is -0.0932 e. The molecule has 3 aromatic rings. The number of rotatable bonds is 1. The fraction of sp³-hybridized carbons (Fsp3) is 0.0909. The van der Waals surface area contributed by atoms with E-state index in [2.05, 4.69) is 79.7 Å². The summed E-state index contributed by atoms with van der Waals surface area (Å²) in [6.45, 7) is 2.19. The van der Waals surface area contributed by atoms with Gasteiger partial charge in [0.1, 0.15) is 0 Å². The van der Waals surface area contributed by atoms with Gasteiger partial charge in [0, 0.05) is 15.7 Å². The van der Waals surface area contributed by atoms with E-state index in [1.54, 1.807) is 0 Å². The third-order valence-electron chi connectivity index (χ3n) is 4.89. The zero-order valence-electron chi connectivity index (χ0n) is 12.9. The van der Waals surface area contributed by atoms with Gasteiger partial charge in [-0.3, -0.25) is 0 Å². The fourth-order valence-corrected chi connectivity index (χ4v) is 4.94. The van der Waals surface area contributed by atoms with Gasteiger partial charge in [0.15, 0.2) is 0 Å². The van der Waals surface area contributed by atoms with Crippen LogP contribution in [0.15, 0.2) is 82.6 Å². The molecule has 1 heteroatoms. The average molecular weight is 312 g/mol. The van der Waals surface area contributed by atoms with E-state index in [1.165, 1.54) is 42.8 Å². The third kappa shape index (κ3) is 1.93. The summed E-state index contributed by atoms with van der Waals surface area (Å²) < 4.78 is 0. The van der Waals surface area contributed by atoms with Crippen molar-refractivity contribution in [1.82, 2.24) is 0 Å². The fourth-order valence-electron chi connectivity index (χ4n) is 3.72. The zero-order valence-corrected chi connectivity index (χ0v) is 13.7. The molecule has 110 valence electrons. The Balaban J connectivity index is 1.68. The van der Waals surface area contributed by atoms with Crippen LogP contribution in [0.25, 0.3) is 16.3 Å². The molecule has 0 amide bonds. The minimum atomic E-state index is 0.450. The van der Waals surface area contributed by atoms with Crippen LogP contribution in [0, 0.1) is 6.92 Å². The summed E-state index contributed by atoms with van der Waals surface area (Å²) in [4.78, 5) is 2.87. The second kappa shape index (κ2) is 4.87. The van der Waals surface area contributed by atoms with Gasteiger partial charge < -0.3 is 0 Å². The number of aryl methyl sites for hydroxylation is 1. The SMILES string of the molecule is Cc1ccc(C2=CC3C(=C2)Sc2ccccc23)c2ccccc12. The van der Waals surface area contributed by atoms with Crippen LogP contribution in [-0.2, 0) is 0 Å². The maximum Gasteiger partial charge on any atom is 0.0353 e. The van der Waals surface area contributed by atoms with Gasteiger partial charge in [0.05, 0.1) is 0 Å². The van der Waals surface area contributed by atoms with Gasteiger partial charge in [-0.25, -0.2) is 0 Å². The summed E-state index contributed by atoms with van der Waals surface area (Å²) >= 11 is 1.92. The first-order chi connectivity index (χ1) is 11.3. The molecule has 0 fully saturated rings. The molecule has 0 saturated heterocycles. The zero-order chi connectivity index (χ0) is 15.4. The lowest BCUT2D eigenvalue weighted by Crippen LogP contribution is -1.88. The third-order valence-corrected chi connectivity index (χ3v) is 6.08. The Morgan fingerprint density at radius 3 is 2.52 bits per heavy atom. The van der Waals surface area contributed by atoms with E-state index in [0.29, 0.717) is 5.92 Å². The Labute approximate surface area is 140 Å². The molecule has 1 heterocycles. The van der Waals surface area contributed by atoms with Crippen molar-refractivity contribution in [1.29, 1.82) is 0 Å². The van der Waals surface area contributed by atoms with E-state index in [9.17, 15) is 0 Å². The lowest BCUT2D eigenvalue weighted by Gasteiger charge is -2.09. The average Bonchev–Trinajstić information content (AvgIpc) is 3.13. The van der Waals surface area contributed by atoms with E-state index in [4.69, 9.17) is 0 Å². The Morgan fingerprint density at radius 1 is 0.826 bits per heavy atom. The van der Waals surface area contributed by atoms with E-state index in [1.807, 2.05) is 11.8 Å². The molecule has 1 unspecified atom stereocenters. The van der Waals surface area contributed by atoms with Crippen molar-refractivity contribution in [3.63, 3.8) is 0 Å². The first kappa shape index (κ1) is 13.2. The maximum absolute atomic E-state index is 2.44. The summed E-state index contributed by atoms with van der Waals surface area (Å²) in [7, 11) is 0. The normalized spacial score (nSPS) is 18.6. The van der Waals surface area contributed by atoms with E-state index < -0.39 is 0 Å². The van der Waals surface area contributed by atoms with Crippen molar-refractivity contribution in [3.05, 3.63) is 94.4 Å². The molecule has 3 aromatic carbocycles. The van der Waals surface area contributed by atoms with Crippen LogP contribution in [-0.4, -0.2) is 0 Å². The largest absolute Gasteiger partial charge is 0.0932 e. The monoisotopic (exact) mass is 312 g/mol. The lowest BCUT2D eigenvalue weighted by molar-refractivity contribution is 1.07. The molecule has 0 N–H and O–H groups in total.